The van der Waals surface area contributed by atoms with Gasteiger partial charge in [-0.3, -0.25) is 0 Å². The van der Waals surface area contributed by atoms with E-state index in [4.69, 9.17) is 4.74 Å². The zero-order valence-corrected chi connectivity index (χ0v) is 12.8. The predicted octanol–water partition coefficient (Wildman–Crippen LogP) is 4.10. The molecule has 0 aliphatic heterocycles. The van der Waals surface area contributed by atoms with Crippen LogP contribution in [0.4, 0.5) is 0 Å². The lowest BCUT2D eigenvalue weighted by atomic mass is 9.87. The van der Waals surface area contributed by atoms with E-state index < -0.39 is 0 Å². The van der Waals surface area contributed by atoms with Gasteiger partial charge in [-0.15, -0.1) is 0 Å². The molecule has 0 saturated heterocycles. The molecule has 1 fully saturated rings. The first-order chi connectivity index (χ1) is 9.78. The van der Waals surface area contributed by atoms with Crippen LogP contribution in [0.5, 0.6) is 5.75 Å². The van der Waals surface area contributed by atoms with E-state index in [1.54, 1.807) is 7.11 Å². The third-order valence-corrected chi connectivity index (χ3v) is 5.33. The molecule has 0 amide bonds. The van der Waals surface area contributed by atoms with Crippen LogP contribution in [0.1, 0.15) is 56.2 Å². The standard InChI is InChI=1S/C18H27NO/c1-13-5-3-7-15(13)12-19-18-8-4-6-14-9-10-16(20-2)11-17(14)18/h9-11,13,15,18-19H,3-8,12H2,1-2H3. The Kier molecular flexibility index (Phi) is 4.30. The Hall–Kier alpha value is -1.02. The summed E-state index contributed by atoms with van der Waals surface area (Å²) in [6.07, 6.45) is 8.03. The first kappa shape index (κ1) is 13.9. The normalized spacial score (nSPS) is 29.2. The molecule has 2 heteroatoms. The second-order valence-electron chi connectivity index (χ2n) is 6.59. The zero-order valence-electron chi connectivity index (χ0n) is 12.8. The maximum atomic E-state index is 5.40. The van der Waals surface area contributed by atoms with Crippen LogP contribution in [0.25, 0.3) is 0 Å². The van der Waals surface area contributed by atoms with Crippen molar-refractivity contribution in [3.05, 3.63) is 29.3 Å². The third-order valence-electron chi connectivity index (χ3n) is 5.33. The molecule has 20 heavy (non-hydrogen) atoms. The predicted molar refractivity (Wildman–Crippen MR) is 83.2 cm³/mol. The largest absolute Gasteiger partial charge is 0.497 e. The van der Waals surface area contributed by atoms with E-state index in [9.17, 15) is 0 Å². The van der Waals surface area contributed by atoms with Crippen LogP contribution in [-0.4, -0.2) is 13.7 Å². The molecule has 0 aromatic heterocycles. The van der Waals surface area contributed by atoms with Crippen LogP contribution in [-0.2, 0) is 6.42 Å². The van der Waals surface area contributed by atoms with E-state index in [1.807, 2.05) is 0 Å². The van der Waals surface area contributed by atoms with E-state index in [1.165, 1.54) is 56.2 Å². The highest BCUT2D eigenvalue weighted by Gasteiger charge is 2.26. The minimum absolute atomic E-state index is 0.529. The van der Waals surface area contributed by atoms with E-state index in [2.05, 4.69) is 30.4 Å². The Bertz CT molecular complexity index is 457. The number of aryl methyl sites for hydroxylation is 1. The van der Waals surface area contributed by atoms with Crippen molar-refractivity contribution in [2.45, 2.75) is 51.5 Å². The van der Waals surface area contributed by atoms with Gasteiger partial charge in [0, 0.05) is 6.04 Å². The molecule has 2 aliphatic carbocycles. The topological polar surface area (TPSA) is 21.3 Å². The maximum absolute atomic E-state index is 5.40. The summed E-state index contributed by atoms with van der Waals surface area (Å²) in [6.45, 7) is 3.60. The second-order valence-corrected chi connectivity index (χ2v) is 6.59. The van der Waals surface area contributed by atoms with Gasteiger partial charge < -0.3 is 10.1 Å². The molecule has 3 atom stereocenters. The average Bonchev–Trinajstić information content (AvgIpc) is 2.89. The number of benzene rings is 1. The summed E-state index contributed by atoms with van der Waals surface area (Å²) in [4.78, 5) is 0. The van der Waals surface area contributed by atoms with Crippen molar-refractivity contribution < 1.29 is 4.74 Å². The molecule has 2 nitrogen and oxygen atoms in total. The van der Waals surface area contributed by atoms with E-state index in [0.29, 0.717) is 6.04 Å². The van der Waals surface area contributed by atoms with Crippen LogP contribution >= 0.6 is 0 Å². The van der Waals surface area contributed by atoms with Crippen molar-refractivity contribution in [2.75, 3.05) is 13.7 Å². The number of hydrogen-bond donors (Lipinski definition) is 1. The fourth-order valence-electron chi connectivity index (χ4n) is 3.94. The van der Waals surface area contributed by atoms with Gasteiger partial charge in [0.2, 0.25) is 0 Å². The highest BCUT2D eigenvalue weighted by Crippen LogP contribution is 2.34. The number of fused-ring (bicyclic) bond motifs is 1. The summed E-state index contributed by atoms with van der Waals surface area (Å²) in [6, 6.07) is 7.12. The van der Waals surface area contributed by atoms with Crippen molar-refractivity contribution in [3.8, 4) is 5.75 Å². The fourth-order valence-corrected chi connectivity index (χ4v) is 3.94. The lowest BCUT2D eigenvalue weighted by Gasteiger charge is -2.29. The molecule has 1 saturated carbocycles. The van der Waals surface area contributed by atoms with Gasteiger partial charge >= 0.3 is 0 Å². The number of hydrogen-bond acceptors (Lipinski definition) is 2. The molecule has 1 aromatic carbocycles. The van der Waals surface area contributed by atoms with E-state index in [0.717, 1.165) is 17.6 Å². The Morgan fingerprint density at radius 3 is 2.85 bits per heavy atom. The van der Waals surface area contributed by atoms with E-state index >= 15 is 0 Å². The molecule has 3 unspecified atom stereocenters. The van der Waals surface area contributed by atoms with Gasteiger partial charge in [-0.2, -0.15) is 0 Å². The average molecular weight is 273 g/mol. The fraction of sp³-hybridized carbons (Fsp3) is 0.667. The van der Waals surface area contributed by atoms with Crippen LogP contribution in [0.3, 0.4) is 0 Å². The molecule has 0 radical (unpaired) electrons. The molecule has 0 bridgehead atoms. The van der Waals surface area contributed by atoms with Gasteiger partial charge in [0.25, 0.3) is 0 Å². The van der Waals surface area contributed by atoms with Crippen LogP contribution in [0.15, 0.2) is 18.2 Å². The van der Waals surface area contributed by atoms with Gasteiger partial charge in [-0.1, -0.05) is 25.8 Å². The lowest BCUT2D eigenvalue weighted by molar-refractivity contribution is 0.351. The quantitative estimate of drug-likeness (QED) is 0.892. The van der Waals surface area contributed by atoms with Gasteiger partial charge in [-0.05, 0) is 67.3 Å². The van der Waals surface area contributed by atoms with Crippen molar-refractivity contribution >= 4 is 0 Å². The van der Waals surface area contributed by atoms with E-state index in [-0.39, 0.29) is 0 Å². The van der Waals surface area contributed by atoms with Crippen molar-refractivity contribution in [1.82, 2.24) is 5.32 Å². The molecule has 3 rings (SSSR count). The van der Waals surface area contributed by atoms with Crippen molar-refractivity contribution in [2.24, 2.45) is 11.8 Å². The molecular formula is C18H27NO. The van der Waals surface area contributed by atoms with Crippen molar-refractivity contribution in [1.29, 1.82) is 0 Å². The Balaban J connectivity index is 1.69. The summed E-state index contributed by atoms with van der Waals surface area (Å²) in [5.41, 5.74) is 2.98. The SMILES string of the molecule is COc1ccc2c(c1)C(NCC1CCCC1C)CCC2. The number of ether oxygens (including phenoxy) is 1. The van der Waals surface area contributed by atoms with Gasteiger partial charge in [0.05, 0.1) is 7.11 Å². The summed E-state index contributed by atoms with van der Waals surface area (Å²) >= 11 is 0. The number of methoxy groups -OCH3 is 1. The Labute approximate surface area is 122 Å². The number of rotatable bonds is 4. The summed E-state index contributed by atoms with van der Waals surface area (Å²) in [5, 5.41) is 3.85. The summed E-state index contributed by atoms with van der Waals surface area (Å²) in [5.74, 6) is 2.77. The molecular weight excluding hydrogens is 246 g/mol. The minimum Gasteiger partial charge on any atom is -0.497 e. The van der Waals surface area contributed by atoms with Crippen molar-refractivity contribution in [3.63, 3.8) is 0 Å². The zero-order chi connectivity index (χ0) is 13.9. The molecule has 1 N–H and O–H groups in total. The molecule has 110 valence electrons. The summed E-state index contributed by atoms with van der Waals surface area (Å²) in [7, 11) is 1.76. The first-order valence-corrected chi connectivity index (χ1v) is 8.18. The molecule has 0 heterocycles. The molecule has 0 spiro atoms. The highest BCUT2D eigenvalue weighted by molar-refractivity contribution is 5.39. The highest BCUT2D eigenvalue weighted by atomic mass is 16.5. The van der Waals surface area contributed by atoms with Crippen LogP contribution in [0, 0.1) is 11.8 Å². The molecule has 1 aromatic rings. The first-order valence-electron chi connectivity index (χ1n) is 8.18. The molecule has 2 aliphatic rings. The monoisotopic (exact) mass is 273 g/mol. The van der Waals surface area contributed by atoms with Crippen LogP contribution < -0.4 is 10.1 Å². The third kappa shape index (κ3) is 2.85. The van der Waals surface area contributed by atoms with Gasteiger partial charge in [0.1, 0.15) is 5.75 Å². The van der Waals surface area contributed by atoms with Gasteiger partial charge in [0.15, 0.2) is 0 Å². The Morgan fingerprint density at radius 2 is 2.10 bits per heavy atom. The number of nitrogens with one attached hydrogen (secondary N) is 1. The minimum atomic E-state index is 0.529. The maximum Gasteiger partial charge on any atom is 0.119 e. The summed E-state index contributed by atoms with van der Waals surface area (Å²) < 4.78 is 5.40. The Morgan fingerprint density at radius 1 is 1.20 bits per heavy atom. The van der Waals surface area contributed by atoms with Crippen LogP contribution in [0.2, 0.25) is 0 Å². The lowest BCUT2D eigenvalue weighted by Crippen LogP contribution is -2.30. The smallest absolute Gasteiger partial charge is 0.119 e. The van der Waals surface area contributed by atoms with Gasteiger partial charge in [-0.25, -0.2) is 0 Å². The second kappa shape index (κ2) is 6.17.